The van der Waals surface area contributed by atoms with Gasteiger partial charge in [0.2, 0.25) is 5.91 Å². The monoisotopic (exact) mass is 315 g/mol. The molecule has 0 aliphatic carbocycles. The van der Waals surface area contributed by atoms with Crippen molar-refractivity contribution in [2.24, 2.45) is 5.73 Å². The molecule has 1 aliphatic heterocycles. The second-order valence-electron chi connectivity index (χ2n) is 5.04. The van der Waals surface area contributed by atoms with Gasteiger partial charge in [-0.2, -0.15) is 5.26 Å². The smallest absolute Gasteiger partial charge is 0.226 e. The van der Waals surface area contributed by atoms with Gasteiger partial charge in [0.25, 0.3) is 0 Å². The van der Waals surface area contributed by atoms with E-state index < -0.39 is 17.9 Å². The minimum Gasteiger partial charge on any atom is -0.369 e. The van der Waals surface area contributed by atoms with E-state index in [2.05, 4.69) is 16.4 Å². The summed E-state index contributed by atoms with van der Waals surface area (Å²) in [4.78, 5) is 28.7. The number of primary amides is 1. The van der Waals surface area contributed by atoms with E-state index in [1.807, 2.05) is 0 Å². The van der Waals surface area contributed by atoms with Gasteiger partial charge < -0.3 is 15.6 Å². The van der Waals surface area contributed by atoms with Crippen LogP contribution in [-0.2, 0) is 16.1 Å². The fourth-order valence-electron chi connectivity index (χ4n) is 2.64. The highest BCUT2D eigenvalue weighted by atomic mass is 32.1. The summed E-state index contributed by atoms with van der Waals surface area (Å²) >= 11 is 1.31. The van der Waals surface area contributed by atoms with E-state index >= 15 is 0 Å². The Bertz CT molecular complexity index is 759. The quantitative estimate of drug-likeness (QED) is 0.842. The van der Waals surface area contributed by atoms with Crippen molar-refractivity contribution in [2.45, 2.75) is 18.5 Å². The van der Waals surface area contributed by atoms with Gasteiger partial charge in [-0.1, -0.05) is 0 Å². The SMILES string of the molecule is N#Cc1csc2c1C(C(N)=O)CNC2C(=O)Cn1ccnc1. The Labute approximate surface area is 130 Å². The molecule has 3 rings (SSSR count). The van der Waals surface area contributed by atoms with Gasteiger partial charge in [-0.25, -0.2) is 4.98 Å². The van der Waals surface area contributed by atoms with Crippen molar-refractivity contribution in [3.63, 3.8) is 0 Å². The number of nitriles is 1. The first-order valence-corrected chi connectivity index (χ1v) is 7.52. The molecule has 3 heterocycles. The molecule has 2 atom stereocenters. The van der Waals surface area contributed by atoms with Gasteiger partial charge in [-0.15, -0.1) is 11.3 Å². The molecule has 22 heavy (non-hydrogen) atoms. The van der Waals surface area contributed by atoms with E-state index in [1.54, 1.807) is 28.7 Å². The van der Waals surface area contributed by atoms with Crippen molar-refractivity contribution in [2.75, 3.05) is 6.54 Å². The number of nitrogens with one attached hydrogen (secondary N) is 1. The Morgan fingerprint density at radius 2 is 2.41 bits per heavy atom. The van der Waals surface area contributed by atoms with E-state index in [4.69, 9.17) is 5.73 Å². The predicted octanol–water partition coefficient (Wildman–Crippen LogP) is 0.299. The molecule has 0 aromatic carbocycles. The summed E-state index contributed by atoms with van der Waals surface area (Å²) in [7, 11) is 0. The van der Waals surface area contributed by atoms with Crippen LogP contribution < -0.4 is 11.1 Å². The lowest BCUT2D eigenvalue weighted by atomic mass is 9.88. The average Bonchev–Trinajstić information content (AvgIpc) is 3.14. The maximum atomic E-state index is 12.5. The Hall–Kier alpha value is -2.50. The van der Waals surface area contributed by atoms with E-state index in [0.29, 0.717) is 16.0 Å². The number of ketones is 1. The van der Waals surface area contributed by atoms with Crippen LogP contribution in [0.15, 0.2) is 24.1 Å². The van der Waals surface area contributed by atoms with Gasteiger partial charge in [0.15, 0.2) is 5.78 Å². The molecule has 112 valence electrons. The third-order valence-electron chi connectivity index (χ3n) is 3.68. The van der Waals surface area contributed by atoms with Crippen molar-refractivity contribution in [1.82, 2.24) is 14.9 Å². The zero-order valence-electron chi connectivity index (χ0n) is 11.5. The molecule has 3 N–H and O–H groups in total. The number of Topliss-reactive ketones (excluding diaryl/α,β-unsaturated/α-hetero) is 1. The lowest BCUT2D eigenvalue weighted by Crippen LogP contribution is -2.42. The lowest BCUT2D eigenvalue weighted by Gasteiger charge is -2.28. The maximum Gasteiger partial charge on any atom is 0.226 e. The summed E-state index contributed by atoms with van der Waals surface area (Å²) in [6, 6.07) is 1.55. The molecule has 0 saturated carbocycles. The van der Waals surface area contributed by atoms with Crippen molar-refractivity contribution in [1.29, 1.82) is 5.26 Å². The van der Waals surface area contributed by atoms with Gasteiger partial charge in [0.1, 0.15) is 12.1 Å². The van der Waals surface area contributed by atoms with Gasteiger partial charge in [-0.3, -0.25) is 9.59 Å². The van der Waals surface area contributed by atoms with E-state index in [-0.39, 0.29) is 18.9 Å². The zero-order chi connectivity index (χ0) is 15.7. The maximum absolute atomic E-state index is 12.5. The number of thiophene rings is 1. The molecule has 1 aliphatic rings. The lowest BCUT2D eigenvalue weighted by molar-refractivity contribution is -0.123. The number of aromatic nitrogens is 2. The van der Waals surface area contributed by atoms with Crippen LogP contribution in [0, 0.1) is 11.3 Å². The minimum atomic E-state index is -0.576. The van der Waals surface area contributed by atoms with Crippen LogP contribution in [0.1, 0.15) is 28.0 Å². The molecule has 2 aromatic rings. The number of nitrogens with zero attached hydrogens (tertiary/aromatic N) is 3. The minimum absolute atomic E-state index is 0.0477. The molecule has 0 fully saturated rings. The molecule has 2 aromatic heterocycles. The Morgan fingerprint density at radius 1 is 1.59 bits per heavy atom. The second-order valence-corrected chi connectivity index (χ2v) is 5.95. The van der Waals surface area contributed by atoms with Crippen LogP contribution in [0.4, 0.5) is 0 Å². The van der Waals surface area contributed by atoms with Crippen LogP contribution >= 0.6 is 11.3 Å². The number of rotatable bonds is 4. The van der Waals surface area contributed by atoms with Gasteiger partial charge in [0.05, 0.1) is 24.4 Å². The number of carbonyl (C=O) groups is 2. The first kappa shape index (κ1) is 14.4. The molecular weight excluding hydrogens is 302 g/mol. The molecule has 8 heteroatoms. The summed E-state index contributed by atoms with van der Waals surface area (Å²) in [6.45, 7) is 0.437. The topological polar surface area (TPSA) is 114 Å². The highest BCUT2D eigenvalue weighted by molar-refractivity contribution is 7.10. The van der Waals surface area contributed by atoms with E-state index in [1.165, 1.54) is 11.3 Å². The third kappa shape index (κ3) is 2.41. The summed E-state index contributed by atoms with van der Waals surface area (Å²) < 4.78 is 1.68. The number of hydrogen-bond donors (Lipinski definition) is 2. The summed E-state index contributed by atoms with van der Waals surface area (Å²) in [5, 5.41) is 13.9. The Balaban J connectivity index is 1.93. The Kier molecular flexibility index (Phi) is 3.75. The number of imidazole rings is 1. The van der Waals surface area contributed by atoms with Crippen LogP contribution in [-0.4, -0.2) is 27.8 Å². The summed E-state index contributed by atoms with van der Waals surface area (Å²) in [5.41, 5.74) is 6.44. The Morgan fingerprint density at radius 3 is 3.05 bits per heavy atom. The van der Waals surface area contributed by atoms with Crippen LogP contribution in [0.3, 0.4) is 0 Å². The van der Waals surface area contributed by atoms with Crippen LogP contribution in [0.2, 0.25) is 0 Å². The van der Waals surface area contributed by atoms with Crippen LogP contribution in [0.5, 0.6) is 0 Å². The standard InChI is InChI=1S/C14H13N5O2S/c15-3-8-6-22-13-11(8)9(14(16)21)4-18-12(13)10(20)5-19-2-1-17-7-19/h1-2,6-7,9,12,18H,4-5H2,(H2,16,21). The second kappa shape index (κ2) is 5.71. The molecule has 2 unspecified atom stereocenters. The van der Waals surface area contributed by atoms with Crippen molar-refractivity contribution >= 4 is 23.0 Å². The number of hydrogen-bond acceptors (Lipinski definition) is 6. The largest absolute Gasteiger partial charge is 0.369 e. The number of fused-ring (bicyclic) bond motifs is 1. The third-order valence-corrected chi connectivity index (χ3v) is 4.74. The average molecular weight is 315 g/mol. The summed E-state index contributed by atoms with van der Waals surface area (Å²) in [6.07, 6.45) is 4.89. The van der Waals surface area contributed by atoms with Gasteiger partial charge >= 0.3 is 0 Å². The zero-order valence-corrected chi connectivity index (χ0v) is 12.3. The molecule has 0 saturated heterocycles. The molecule has 7 nitrogen and oxygen atoms in total. The number of amides is 1. The van der Waals surface area contributed by atoms with Crippen molar-refractivity contribution < 1.29 is 9.59 Å². The molecular formula is C14H13N5O2S. The number of carbonyl (C=O) groups excluding carboxylic acids is 2. The number of nitrogens with two attached hydrogens (primary N) is 1. The van der Waals surface area contributed by atoms with Gasteiger partial charge in [0, 0.05) is 29.2 Å². The van der Waals surface area contributed by atoms with Crippen molar-refractivity contribution in [3.8, 4) is 6.07 Å². The molecule has 0 bridgehead atoms. The normalized spacial score (nSPS) is 20.1. The summed E-state index contributed by atoms with van der Waals surface area (Å²) in [5.74, 6) is -1.12. The van der Waals surface area contributed by atoms with Crippen LogP contribution in [0.25, 0.3) is 0 Å². The van der Waals surface area contributed by atoms with Crippen molar-refractivity contribution in [3.05, 3.63) is 40.1 Å². The van der Waals surface area contributed by atoms with Gasteiger partial charge in [-0.05, 0) is 5.56 Å². The fourth-order valence-corrected chi connectivity index (χ4v) is 3.79. The molecule has 0 radical (unpaired) electrons. The highest BCUT2D eigenvalue weighted by Crippen LogP contribution is 2.37. The first-order chi connectivity index (χ1) is 10.6. The highest BCUT2D eigenvalue weighted by Gasteiger charge is 2.36. The fraction of sp³-hybridized carbons (Fsp3) is 0.286. The predicted molar refractivity (Wildman–Crippen MR) is 78.9 cm³/mol. The van der Waals surface area contributed by atoms with E-state index in [0.717, 1.165) is 0 Å². The molecule has 1 amide bonds. The van der Waals surface area contributed by atoms with E-state index in [9.17, 15) is 14.9 Å². The first-order valence-electron chi connectivity index (χ1n) is 6.64. The molecule has 0 spiro atoms.